The average molecular weight is 513 g/mol. The number of benzene rings is 2. The van der Waals surface area contributed by atoms with Crippen molar-refractivity contribution < 1.29 is 21.6 Å². The van der Waals surface area contributed by atoms with Gasteiger partial charge in [-0.2, -0.15) is 17.5 Å². The molecule has 0 radical (unpaired) electrons. The summed E-state index contributed by atoms with van der Waals surface area (Å²) >= 11 is 6.15. The molecule has 182 valence electrons. The van der Waals surface area contributed by atoms with Gasteiger partial charge in [-0.3, -0.25) is 0 Å². The number of fused-ring (bicyclic) bond motifs is 1. The quantitative estimate of drug-likeness (QED) is 0.478. The van der Waals surface area contributed by atoms with Crippen LogP contribution in [0.4, 0.5) is 18.9 Å². The Morgan fingerprint density at radius 3 is 2.53 bits per heavy atom. The predicted octanol–water partition coefficient (Wildman–Crippen LogP) is 4.75. The maximum absolute atomic E-state index is 13.5. The van der Waals surface area contributed by atoms with Crippen LogP contribution >= 0.6 is 11.6 Å². The number of aryl methyl sites for hydroxylation is 2. The molecule has 1 aliphatic heterocycles. The van der Waals surface area contributed by atoms with E-state index in [1.807, 2.05) is 48.5 Å². The van der Waals surface area contributed by atoms with Crippen molar-refractivity contribution in [2.24, 2.45) is 7.05 Å². The minimum atomic E-state index is -5.54. The van der Waals surface area contributed by atoms with Crippen molar-refractivity contribution in [2.45, 2.75) is 37.5 Å². The Morgan fingerprint density at radius 2 is 1.88 bits per heavy atom. The number of alkyl halides is 3. The van der Waals surface area contributed by atoms with E-state index in [9.17, 15) is 21.6 Å². The number of halogens is 4. The zero-order chi connectivity index (χ0) is 24.5. The molecule has 0 amide bonds. The van der Waals surface area contributed by atoms with E-state index in [0.29, 0.717) is 40.0 Å². The zero-order valence-corrected chi connectivity index (χ0v) is 20.0. The van der Waals surface area contributed by atoms with Crippen LogP contribution in [-0.2, 0) is 36.6 Å². The Hall–Kier alpha value is -2.56. The number of hydrogen-bond acceptors (Lipinski definition) is 4. The predicted molar refractivity (Wildman–Crippen MR) is 125 cm³/mol. The molecule has 0 spiro atoms. The van der Waals surface area contributed by atoms with Crippen LogP contribution in [0.25, 0.3) is 0 Å². The first-order chi connectivity index (χ1) is 16.0. The highest BCUT2D eigenvalue weighted by Crippen LogP contribution is 2.36. The molecule has 11 heteroatoms. The monoisotopic (exact) mass is 512 g/mol. The summed E-state index contributed by atoms with van der Waals surface area (Å²) < 4.78 is 67.9. The van der Waals surface area contributed by atoms with E-state index in [0.717, 1.165) is 11.3 Å². The molecular weight excluding hydrogens is 489 g/mol. The summed E-state index contributed by atoms with van der Waals surface area (Å²) in [5, 5.41) is 0.323. The highest BCUT2D eigenvalue weighted by atomic mass is 35.5. The molecule has 0 saturated carbocycles. The SMILES string of the molecule is Cn1cnc(CN2c3ccc(Cl)cc3CN(S(=O)(=O)C(F)(F)F)C[C@@H]2CCc2ccccc2)c1. The number of anilines is 1. The van der Waals surface area contributed by atoms with Crippen molar-refractivity contribution in [1.29, 1.82) is 0 Å². The maximum Gasteiger partial charge on any atom is 0.511 e. The van der Waals surface area contributed by atoms with E-state index in [4.69, 9.17) is 11.6 Å². The lowest BCUT2D eigenvalue weighted by Gasteiger charge is -2.34. The van der Waals surface area contributed by atoms with Crippen LogP contribution in [0.3, 0.4) is 0 Å². The van der Waals surface area contributed by atoms with Gasteiger partial charge in [0, 0.05) is 43.1 Å². The summed E-state index contributed by atoms with van der Waals surface area (Å²) in [5.74, 6) is 0. The molecule has 0 saturated heterocycles. The fourth-order valence-corrected chi connectivity index (χ4v) is 5.40. The number of hydrogen-bond donors (Lipinski definition) is 0. The molecule has 0 N–H and O–H groups in total. The summed E-state index contributed by atoms with van der Waals surface area (Å²) in [6.45, 7) is -0.416. The van der Waals surface area contributed by atoms with Crippen LogP contribution in [-0.4, -0.2) is 40.4 Å². The molecule has 0 bridgehead atoms. The Morgan fingerprint density at radius 1 is 1.15 bits per heavy atom. The van der Waals surface area contributed by atoms with Crippen LogP contribution in [0, 0.1) is 0 Å². The van der Waals surface area contributed by atoms with Crippen molar-refractivity contribution in [3.63, 3.8) is 0 Å². The molecule has 2 aromatic carbocycles. The Kier molecular flexibility index (Phi) is 6.93. The lowest BCUT2D eigenvalue weighted by molar-refractivity contribution is -0.0492. The molecule has 4 rings (SSSR count). The lowest BCUT2D eigenvalue weighted by Crippen LogP contribution is -2.47. The van der Waals surface area contributed by atoms with Crippen molar-refractivity contribution in [3.05, 3.63) is 82.9 Å². The van der Waals surface area contributed by atoms with Crippen molar-refractivity contribution in [2.75, 3.05) is 11.4 Å². The average Bonchev–Trinajstić information content (AvgIpc) is 3.12. The van der Waals surface area contributed by atoms with Gasteiger partial charge in [0.05, 0.1) is 18.6 Å². The molecular formula is C23H24ClF3N4O2S. The van der Waals surface area contributed by atoms with Gasteiger partial charge in [-0.15, -0.1) is 0 Å². The van der Waals surface area contributed by atoms with Crippen LogP contribution in [0.2, 0.25) is 5.02 Å². The highest BCUT2D eigenvalue weighted by molar-refractivity contribution is 7.89. The first-order valence-corrected chi connectivity index (χ1v) is 12.5. The number of aromatic nitrogens is 2. The third-order valence-electron chi connectivity index (χ3n) is 5.88. The van der Waals surface area contributed by atoms with Gasteiger partial charge in [0.2, 0.25) is 0 Å². The molecule has 1 aromatic heterocycles. The highest BCUT2D eigenvalue weighted by Gasteiger charge is 2.51. The Balaban J connectivity index is 1.77. The van der Waals surface area contributed by atoms with E-state index in [2.05, 4.69) is 4.98 Å². The number of imidazole rings is 1. The molecule has 1 atom stereocenters. The summed E-state index contributed by atoms with van der Waals surface area (Å²) in [6.07, 6.45) is 4.50. The van der Waals surface area contributed by atoms with E-state index >= 15 is 0 Å². The molecule has 1 aliphatic rings. The topological polar surface area (TPSA) is 58.4 Å². The van der Waals surface area contributed by atoms with Crippen molar-refractivity contribution in [1.82, 2.24) is 13.9 Å². The summed E-state index contributed by atoms with van der Waals surface area (Å²) in [5.41, 5.74) is -2.59. The van der Waals surface area contributed by atoms with Gasteiger partial charge >= 0.3 is 15.5 Å². The third kappa shape index (κ3) is 5.24. The first-order valence-electron chi connectivity index (χ1n) is 10.7. The van der Waals surface area contributed by atoms with E-state index in [1.54, 1.807) is 23.0 Å². The van der Waals surface area contributed by atoms with Crippen LogP contribution in [0.5, 0.6) is 0 Å². The van der Waals surface area contributed by atoms with Gasteiger partial charge in [-0.25, -0.2) is 13.4 Å². The fourth-order valence-electron chi connectivity index (χ4n) is 4.24. The van der Waals surface area contributed by atoms with Gasteiger partial charge in [-0.1, -0.05) is 41.9 Å². The molecule has 6 nitrogen and oxygen atoms in total. The van der Waals surface area contributed by atoms with Gasteiger partial charge in [0.25, 0.3) is 0 Å². The standard InChI is InChI=1S/C23H24ClF3N4O2S/c1-29-13-20(28-16-29)14-31-21(9-7-17-5-3-2-4-6-17)15-30(34(32,33)23(25,26)27)12-18-11-19(24)8-10-22(18)31/h2-6,8,10-11,13,16,21H,7,9,12,14-15H2,1H3/t21-/m0/s1. The smallest absolute Gasteiger partial charge is 0.361 e. The van der Waals surface area contributed by atoms with Crippen molar-refractivity contribution in [3.8, 4) is 0 Å². The summed E-state index contributed by atoms with van der Waals surface area (Å²) in [7, 11) is -3.71. The number of nitrogens with zero attached hydrogens (tertiary/aromatic N) is 4. The molecule has 2 heterocycles. The Bertz CT molecular complexity index is 1250. The Labute approximate surface area is 201 Å². The molecule has 0 aliphatic carbocycles. The molecule has 0 fully saturated rings. The van der Waals surface area contributed by atoms with E-state index < -0.39 is 28.1 Å². The van der Waals surface area contributed by atoms with Crippen LogP contribution in [0.15, 0.2) is 61.1 Å². The van der Waals surface area contributed by atoms with Crippen molar-refractivity contribution >= 4 is 27.3 Å². The second kappa shape index (κ2) is 9.59. The minimum absolute atomic E-state index is 0.312. The van der Waals surface area contributed by atoms with Crippen LogP contribution in [0.1, 0.15) is 23.2 Å². The molecule has 3 aromatic rings. The van der Waals surface area contributed by atoms with Crippen LogP contribution < -0.4 is 4.90 Å². The number of rotatable bonds is 6. The third-order valence-corrected chi connectivity index (χ3v) is 7.66. The minimum Gasteiger partial charge on any atom is -0.361 e. The zero-order valence-electron chi connectivity index (χ0n) is 18.4. The molecule has 34 heavy (non-hydrogen) atoms. The number of sulfonamides is 1. The van der Waals surface area contributed by atoms with Gasteiger partial charge in [0.15, 0.2) is 0 Å². The lowest BCUT2D eigenvalue weighted by atomic mass is 10.0. The van der Waals surface area contributed by atoms with E-state index in [1.165, 1.54) is 6.07 Å². The van der Waals surface area contributed by atoms with Gasteiger partial charge in [-0.05, 0) is 42.2 Å². The normalized spacial score (nSPS) is 17.4. The first kappa shape index (κ1) is 24.6. The second-order valence-electron chi connectivity index (χ2n) is 8.35. The van der Waals surface area contributed by atoms with E-state index in [-0.39, 0.29) is 6.54 Å². The maximum atomic E-state index is 13.5. The van der Waals surface area contributed by atoms with Gasteiger partial charge in [0.1, 0.15) is 0 Å². The second-order valence-corrected chi connectivity index (χ2v) is 10.7. The largest absolute Gasteiger partial charge is 0.511 e. The molecule has 0 unspecified atom stereocenters. The van der Waals surface area contributed by atoms with Gasteiger partial charge < -0.3 is 9.47 Å². The summed E-state index contributed by atoms with van der Waals surface area (Å²) in [4.78, 5) is 6.32. The summed E-state index contributed by atoms with van der Waals surface area (Å²) in [6, 6.07) is 14.0. The fraction of sp³-hybridized carbons (Fsp3) is 0.348.